The molecule has 2 N–H and O–H groups in total. The maximum absolute atomic E-state index is 12.4. The summed E-state index contributed by atoms with van der Waals surface area (Å²) in [7, 11) is 0. The van der Waals surface area contributed by atoms with Crippen LogP contribution < -0.4 is 10.6 Å². The van der Waals surface area contributed by atoms with Crippen molar-refractivity contribution in [3.8, 4) is 0 Å². The summed E-state index contributed by atoms with van der Waals surface area (Å²) in [4.78, 5) is 25.8. The zero-order valence-electron chi connectivity index (χ0n) is 10.9. The number of hydrogen-bond donors (Lipinski definition) is 2. The van der Waals surface area contributed by atoms with Crippen LogP contribution in [0.5, 0.6) is 0 Å². The van der Waals surface area contributed by atoms with Crippen molar-refractivity contribution in [1.29, 1.82) is 0 Å². The number of rotatable bonds is 3. The lowest BCUT2D eigenvalue weighted by molar-refractivity contribution is -0.147. The molecule has 2 atom stereocenters. The number of hydrogen-bond acceptors (Lipinski definition) is 3. The van der Waals surface area contributed by atoms with E-state index in [4.69, 9.17) is 0 Å². The van der Waals surface area contributed by atoms with Gasteiger partial charge in [-0.15, -0.1) is 12.4 Å². The zero-order chi connectivity index (χ0) is 12.4. The van der Waals surface area contributed by atoms with Crippen LogP contribution in [-0.4, -0.2) is 48.9 Å². The van der Waals surface area contributed by atoms with Crippen LogP contribution in [0.1, 0.15) is 20.3 Å². The van der Waals surface area contributed by atoms with Crippen molar-refractivity contribution >= 4 is 24.2 Å². The first kappa shape index (κ1) is 15.2. The summed E-state index contributed by atoms with van der Waals surface area (Å²) in [6.45, 7) is 7.00. The fourth-order valence-electron chi connectivity index (χ4n) is 2.51. The van der Waals surface area contributed by atoms with E-state index in [1.807, 2.05) is 13.8 Å². The number of carbonyl (C=O) groups excluding carboxylic acids is 2. The highest BCUT2D eigenvalue weighted by atomic mass is 35.5. The van der Waals surface area contributed by atoms with Crippen LogP contribution >= 0.6 is 12.4 Å². The first-order chi connectivity index (χ1) is 8.15. The molecule has 0 radical (unpaired) electrons. The molecule has 2 amide bonds. The van der Waals surface area contributed by atoms with Gasteiger partial charge in [0.1, 0.15) is 6.04 Å². The number of amides is 2. The standard InChI is InChI=1S/C12H21N3O2.ClH/c1-3-10-11(16)14-4-5-15(10)12(17)8(2)9-6-13-7-9;/h8-10,13H,3-7H2,1-2H3,(H,14,16);1H. The van der Waals surface area contributed by atoms with E-state index in [2.05, 4.69) is 10.6 Å². The molecule has 0 aromatic heterocycles. The third-order valence-corrected chi connectivity index (χ3v) is 3.91. The number of halogens is 1. The average molecular weight is 276 g/mol. The highest BCUT2D eigenvalue weighted by Gasteiger charge is 2.37. The minimum absolute atomic E-state index is 0. The topological polar surface area (TPSA) is 61.4 Å². The maximum Gasteiger partial charge on any atom is 0.242 e. The normalized spacial score (nSPS) is 25.8. The molecule has 0 aromatic carbocycles. The predicted octanol–water partition coefficient (Wildman–Crippen LogP) is 0.000700. The molecule has 2 heterocycles. The van der Waals surface area contributed by atoms with Crippen molar-refractivity contribution in [2.24, 2.45) is 11.8 Å². The molecule has 0 bridgehead atoms. The molecular weight excluding hydrogens is 254 g/mol. The molecule has 2 unspecified atom stereocenters. The maximum atomic E-state index is 12.4. The molecule has 0 spiro atoms. The van der Waals surface area contributed by atoms with Gasteiger partial charge in [-0.25, -0.2) is 0 Å². The third kappa shape index (κ3) is 2.78. The average Bonchev–Trinajstić information content (AvgIpc) is 2.25. The van der Waals surface area contributed by atoms with Crippen LogP contribution in [0.4, 0.5) is 0 Å². The van der Waals surface area contributed by atoms with Gasteiger partial charge in [0, 0.05) is 19.0 Å². The van der Waals surface area contributed by atoms with Crippen molar-refractivity contribution < 1.29 is 9.59 Å². The Morgan fingerprint density at radius 3 is 2.67 bits per heavy atom. The van der Waals surface area contributed by atoms with Crippen molar-refractivity contribution in [3.63, 3.8) is 0 Å². The monoisotopic (exact) mass is 275 g/mol. The Labute approximate surface area is 114 Å². The Bertz CT molecular complexity index is 320. The second-order valence-electron chi connectivity index (χ2n) is 4.95. The van der Waals surface area contributed by atoms with E-state index in [-0.39, 0.29) is 36.2 Å². The Morgan fingerprint density at radius 2 is 2.17 bits per heavy atom. The van der Waals surface area contributed by atoms with Crippen molar-refractivity contribution in [2.75, 3.05) is 26.2 Å². The molecule has 2 saturated heterocycles. The zero-order valence-corrected chi connectivity index (χ0v) is 11.8. The molecule has 2 rings (SSSR count). The summed E-state index contributed by atoms with van der Waals surface area (Å²) in [6.07, 6.45) is 0.688. The predicted molar refractivity (Wildman–Crippen MR) is 71.6 cm³/mol. The van der Waals surface area contributed by atoms with E-state index >= 15 is 0 Å². The minimum atomic E-state index is -0.272. The lowest BCUT2D eigenvalue weighted by atomic mass is 9.87. The van der Waals surface area contributed by atoms with Crippen LogP contribution in [0.25, 0.3) is 0 Å². The van der Waals surface area contributed by atoms with E-state index in [9.17, 15) is 9.59 Å². The highest BCUT2D eigenvalue weighted by Crippen LogP contribution is 2.21. The van der Waals surface area contributed by atoms with Crippen LogP contribution in [-0.2, 0) is 9.59 Å². The van der Waals surface area contributed by atoms with Crippen LogP contribution in [0, 0.1) is 11.8 Å². The van der Waals surface area contributed by atoms with Gasteiger partial charge < -0.3 is 15.5 Å². The third-order valence-electron chi connectivity index (χ3n) is 3.91. The van der Waals surface area contributed by atoms with Gasteiger partial charge >= 0.3 is 0 Å². The summed E-state index contributed by atoms with van der Waals surface area (Å²) in [5.41, 5.74) is 0. The summed E-state index contributed by atoms with van der Waals surface area (Å²) in [6, 6.07) is -0.272. The fourth-order valence-corrected chi connectivity index (χ4v) is 2.51. The van der Waals surface area contributed by atoms with E-state index in [1.54, 1.807) is 4.90 Å². The summed E-state index contributed by atoms with van der Waals surface area (Å²) in [5.74, 6) is 0.588. The lowest BCUT2D eigenvalue weighted by Gasteiger charge is -2.39. The second-order valence-corrected chi connectivity index (χ2v) is 4.95. The van der Waals surface area contributed by atoms with Crippen molar-refractivity contribution in [1.82, 2.24) is 15.5 Å². The number of nitrogens with one attached hydrogen (secondary N) is 2. The van der Waals surface area contributed by atoms with Gasteiger partial charge in [0.05, 0.1) is 0 Å². The van der Waals surface area contributed by atoms with E-state index in [1.165, 1.54) is 0 Å². The summed E-state index contributed by atoms with van der Waals surface area (Å²) < 4.78 is 0. The first-order valence-corrected chi connectivity index (χ1v) is 6.44. The quantitative estimate of drug-likeness (QED) is 0.762. The van der Waals surface area contributed by atoms with Gasteiger partial charge in [0.2, 0.25) is 11.8 Å². The van der Waals surface area contributed by atoms with Gasteiger partial charge in [-0.05, 0) is 25.4 Å². The van der Waals surface area contributed by atoms with Gasteiger partial charge in [-0.2, -0.15) is 0 Å². The number of carbonyl (C=O) groups is 2. The molecule has 0 aromatic rings. The Kier molecular flexibility index (Phi) is 5.41. The van der Waals surface area contributed by atoms with Crippen LogP contribution in [0.15, 0.2) is 0 Å². The van der Waals surface area contributed by atoms with Crippen molar-refractivity contribution in [3.05, 3.63) is 0 Å². The highest BCUT2D eigenvalue weighted by molar-refractivity contribution is 5.89. The van der Waals surface area contributed by atoms with Gasteiger partial charge in [-0.3, -0.25) is 9.59 Å². The van der Waals surface area contributed by atoms with Crippen LogP contribution in [0.3, 0.4) is 0 Å². The lowest BCUT2D eigenvalue weighted by Crippen LogP contribution is -2.60. The molecular formula is C12H22ClN3O2. The number of nitrogens with zero attached hydrogens (tertiary/aromatic N) is 1. The molecule has 2 aliphatic heterocycles. The molecule has 0 saturated carbocycles. The fraction of sp³-hybridized carbons (Fsp3) is 0.833. The van der Waals surface area contributed by atoms with E-state index in [0.717, 1.165) is 13.1 Å². The van der Waals surface area contributed by atoms with Gasteiger partial charge in [-0.1, -0.05) is 13.8 Å². The number of piperazine rings is 1. The Hall–Kier alpha value is -0.810. The van der Waals surface area contributed by atoms with E-state index in [0.29, 0.717) is 25.4 Å². The SMILES string of the molecule is CCC1C(=O)NCCN1C(=O)C(C)C1CNC1.Cl. The molecule has 2 fully saturated rings. The summed E-state index contributed by atoms with van der Waals surface area (Å²) >= 11 is 0. The van der Waals surface area contributed by atoms with Crippen molar-refractivity contribution in [2.45, 2.75) is 26.3 Å². The molecule has 6 heteroatoms. The summed E-state index contributed by atoms with van der Waals surface area (Å²) in [5, 5.41) is 6.00. The van der Waals surface area contributed by atoms with E-state index < -0.39 is 0 Å². The molecule has 0 aliphatic carbocycles. The molecule has 5 nitrogen and oxygen atoms in total. The molecule has 104 valence electrons. The molecule has 18 heavy (non-hydrogen) atoms. The second kappa shape index (κ2) is 6.38. The minimum Gasteiger partial charge on any atom is -0.353 e. The smallest absolute Gasteiger partial charge is 0.242 e. The van der Waals surface area contributed by atoms with Gasteiger partial charge in [0.15, 0.2) is 0 Å². The largest absolute Gasteiger partial charge is 0.353 e. The Balaban J connectivity index is 0.00000162. The van der Waals surface area contributed by atoms with Crippen LogP contribution in [0.2, 0.25) is 0 Å². The Morgan fingerprint density at radius 1 is 1.50 bits per heavy atom. The molecule has 2 aliphatic rings. The first-order valence-electron chi connectivity index (χ1n) is 6.44. The van der Waals surface area contributed by atoms with Gasteiger partial charge in [0.25, 0.3) is 0 Å².